The summed E-state index contributed by atoms with van der Waals surface area (Å²) in [4.78, 5) is 6.62. The first kappa shape index (κ1) is 21.2. The number of aromatic nitrogens is 1. The Kier molecular flexibility index (Phi) is 7.18. The molecule has 1 fully saturated rings. The molecule has 0 amide bonds. The summed E-state index contributed by atoms with van der Waals surface area (Å²) in [6, 6.07) is 11.3. The third kappa shape index (κ3) is 5.31. The topological polar surface area (TPSA) is 87.1 Å². The Hall–Kier alpha value is -2.49. The van der Waals surface area contributed by atoms with E-state index in [0.29, 0.717) is 18.9 Å². The Bertz CT molecular complexity index is 904. The highest BCUT2D eigenvalue weighted by Crippen LogP contribution is 2.17. The average molecular weight is 418 g/mol. The fourth-order valence-electron chi connectivity index (χ4n) is 3.08. The minimum atomic E-state index is -3.50. The lowest BCUT2D eigenvalue weighted by Gasteiger charge is -2.28. The fourth-order valence-corrected chi connectivity index (χ4v) is 4.48. The molecule has 9 heteroatoms. The molecule has 1 aromatic heterocycles. The van der Waals surface area contributed by atoms with E-state index < -0.39 is 10.0 Å². The molecule has 2 heterocycles. The van der Waals surface area contributed by atoms with Crippen LogP contribution in [0.15, 0.2) is 52.6 Å². The summed E-state index contributed by atoms with van der Waals surface area (Å²) in [5.74, 6) is 0.477. The van der Waals surface area contributed by atoms with Crippen LogP contribution < -0.4 is 10.3 Å². The summed E-state index contributed by atoms with van der Waals surface area (Å²) in [7, 11) is -3.50. The molecule has 1 aromatic carbocycles. The van der Waals surface area contributed by atoms with Crippen LogP contribution in [-0.2, 0) is 14.8 Å². The van der Waals surface area contributed by atoms with Crippen LogP contribution in [0.2, 0.25) is 0 Å². The van der Waals surface area contributed by atoms with Gasteiger partial charge in [-0.05, 0) is 29.8 Å². The van der Waals surface area contributed by atoms with Crippen molar-refractivity contribution in [1.29, 1.82) is 0 Å². The molecule has 0 atom stereocenters. The number of pyridine rings is 1. The summed E-state index contributed by atoms with van der Waals surface area (Å²) in [5, 5.41) is 4.18. The van der Waals surface area contributed by atoms with E-state index >= 15 is 0 Å². The molecule has 1 aliphatic rings. The lowest BCUT2D eigenvalue weighted by atomic mass is 10.2. The molecular formula is C20H27N5O3S. The molecule has 0 bridgehead atoms. The van der Waals surface area contributed by atoms with Gasteiger partial charge in [-0.2, -0.15) is 9.41 Å². The SMILES string of the molecule is CCN(CC)S(=O)(=O)c1ccc(NN=Cc2ccc(N3CCOCC3)cc2)nc1. The molecule has 0 saturated carbocycles. The van der Waals surface area contributed by atoms with Crippen molar-refractivity contribution in [2.75, 3.05) is 49.7 Å². The van der Waals surface area contributed by atoms with Gasteiger partial charge in [-0.15, -0.1) is 0 Å². The molecule has 0 spiro atoms. The zero-order valence-electron chi connectivity index (χ0n) is 16.8. The van der Waals surface area contributed by atoms with Gasteiger partial charge in [-0.3, -0.25) is 5.43 Å². The van der Waals surface area contributed by atoms with Gasteiger partial charge in [0.25, 0.3) is 0 Å². The molecular weight excluding hydrogens is 390 g/mol. The minimum Gasteiger partial charge on any atom is -0.378 e. The van der Waals surface area contributed by atoms with Crippen molar-refractivity contribution in [3.8, 4) is 0 Å². The Morgan fingerprint density at radius 2 is 1.83 bits per heavy atom. The minimum absolute atomic E-state index is 0.175. The van der Waals surface area contributed by atoms with Crippen molar-refractivity contribution < 1.29 is 13.2 Å². The third-order valence-corrected chi connectivity index (χ3v) is 6.78. The highest BCUT2D eigenvalue weighted by atomic mass is 32.2. The first-order valence-corrected chi connectivity index (χ1v) is 11.2. The van der Waals surface area contributed by atoms with Crippen LogP contribution in [0.1, 0.15) is 19.4 Å². The van der Waals surface area contributed by atoms with E-state index in [1.54, 1.807) is 12.3 Å². The number of nitrogens with one attached hydrogen (secondary N) is 1. The van der Waals surface area contributed by atoms with E-state index in [1.807, 2.05) is 26.0 Å². The van der Waals surface area contributed by atoms with E-state index in [0.717, 1.165) is 31.9 Å². The van der Waals surface area contributed by atoms with Crippen LogP contribution in [0.25, 0.3) is 0 Å². The molecule has 1 N–H and O–H groups in total. The van der Waals surface area contributed by atoms with Gasteiger partial charge >= 0.3 is 0 Å². The molecule has 0 radical (unpaired) electrons. The number of morpholine rings is 1. The van der Waals surface area contributed by atoms with E-state index in [9.17, 15) is 8.42 Å². The van der Waals surface area contributed by atoms with Crippen LogP contribution in [0, 0.1) is 0 Å². The molecule has 2 aromatic rings. The number of rotatable bonds is 8. The van der Waals surface area contributed by atoms with Crippen molar-refractivity contribution in [2.24, 2.45) is 5.10 Å². The van der Waals surface area contributed by atoms with Gasteiger partial charge < -0.3 is 9.64 Å². The number of hydrazone groups is 1. The zero-order chi connectivity index (χ0) is 20.7. The van der Waals surface area contributed by atoms with Crippen molar-refractivity contribution in [2.45, 2.75) is 18.7 Å². The van der Waals surface area contributed by atoms with Crippen molar-refractivity contribution in [3.05, 3.63) is 48.2 Å². The summed E-state index contributed by atoms with van der Waals surface area (Å²) in [6.45, 7) is 7.80. The van der Waals surface area contributed by atoms with Crippen molar-refractivity contribution in [1.82, 2.24) is 9.29 Å². The first-order chi connectivity index (χ1) is 14.0. The van der Waals surface area contributed by atoms with Crippen LogP contribution in [0.3, 0.4) is 0 Å². The summed E-state index contributed by atoms with van der Waals surface area (Å²) >= 11 is 0. The van der Waals surface area contributed by atoms with Crippen molar-refractivity contribution >= 4 is 27.7 Å². The number of ether oxygens (including phenoxy) is 1. The number of anilines is 2. The normalized spacial score (nSPS) is 15.2. The quantitative estimate of drug-likeness (QED) is 0.524. The van der Waals surface area contributed by atoms with E-state index in [-0.39, 0.29) is 4.90 Å². The van der Waals surface area contributed by atoms with E-state index in [1.165, 1.54) is 22.3 Å². The highest BCUT2D eigenvalue weighted by Gasteiger charge is 2.21. The number of sulfonamides is 1. The second-order valence-electron chi connectivity index (χ2n) is 6.53. The molecule has 29 heavy (non-hydrogen) atoms. The summed E-state index contributed by atoms with van der Waals surface area (Å²) in [5.41, 5.74) is 4.96. The van der Waals surface area contributed by atoms with Crippen LogP contribution >= 0.6 is 0 Å². The maximum absolute atomic E-state index is 12.5. The van der Waals surface area contributed by atoms with Crippen molar-refractivity contribution in [3.63, 3.8) is 0 Å². The number of hydrogen-bond acceptors (Lipinski definition) is 7. The molecule has 156 valence electrons. The standard InChI is InChI=1S/C20H27N5O3S/c1-3-25(4-2)29(26,27)19-9-10-20(21-16-19)23-22-15-17-5-7-18(8-6-17)24-11-13-28-14-12-24/h5-10,15-16H,3-4,11-14H2,1-2H3,(H,21,23). The predicted octanol–water partition coefficient (Wildman–Crippen LogP) is 2.39. The van der Waals surface area contributed by atoms with Gasteiger partial charge in [0.1, 0.15) is 10.7 Å². The third-order valence-electron chi connectivity index (χ3n) is 4.74. The number of hydrogen-bond donors (Lipinski definition) is 1. The van der Waals surface area contributed by atoms with Gasteiger partial charge in [0, 0.05) is 38.1 Å². The van der Waals surface area contributed by atoms with E-state index in [4.69, 9.17) is 4.74 Å². The maximum Gasteiger partial charge on any atom is 0.244 e. The Balaban J connectivity index is 1.59. The predicted molar refractivity (Wildman–Crippen MR) is 115 cm³/mol. The van der Waals surface area contributed by atoms with E-state index in [2.05, 4.69) is 32.5 Å². The largest absolute Gasteiger partial charge is 0.378 e. The average Bonchev–Trinajstić information content (AvgIpc) is 2.76. The smallest absolute Gasteiger partial charge is 0.244 e. The van der Waals surface area contributed by atoms with Gasteiger partial charge in [-0.25, -0.2) is 13.4 Å². The van der Waals surface area contributed by atoms with Gasteiger partial charge in [-0.1, -0.05) is 26.0 Å². The lowest BCUT2D eigenvalue weighted by molar-refractivity contribution is 0.122. The molecule has 0 unspecified atom stereocenters. The Morgan fingerprint density at radius 3 is 2.41 bits per heavy atom. The van der Waals surface area contributed by atoms with Gasteiger partial charge in [0.05, 0.1) is 19.4 Å². The molecule has 3 rings (SSSR count). The summed E-state index contributed by atoms with van der Waals surface area (Å²) < 4.78 is 31.7. The Morgan fingerprint density at radius 1 is 1.14 bits per heavy atom. The lowest BCUT2D eigenvalue weighted by Crippen LogP contribution is -2.36. The molecule has 1 saturated heterocycles. The molecule has 0 aliphatic carbocycles. The Labute approximate surface area is 172 Å². The monoisotopic (exact) mass is 417 g/mol. The van der Waals surface area contributed by atoms with Gasteiger partial charge in [0.2, 0.25) is 10.0 Å². The molecule has 1 aliphatic heterocycles. The zero-order valence-corrected chi connectivity index (χ0v) is 17.6. The maximum atomic E-state index is 12.5. The molecule has 8 nitrogen and oxygen atoms in total. The number of nitrogens with zero attached hydrogens (tertiary/aromatic N) is 4. The first-order valence-electron chi connectivity index (χ1n) is 9.72. The van der Waals surface area contributed by atoms with Crippen LogP contribution in [-0.4, -0.2) is 63.3 Å². The highest BCUT2D eigenvalue weighted by molar-refractivity contribution is 7.89. The number of benzene rings is 1. The van der Waals surface area contributed by atoms with Crippen LogP contribution in [0.4, 0.5) is 11.5 Å². The van der Waals surface area contributed by atoms with Gasteiger partial charge in [0.15, 0.2) is 0 Å². The second-order valence-corrected chi connectivity index (χ2v) is 8.47. The summed E-state index contributed by atoms with van der Waals surface area (Å²) in [6.07, 6.45) is 3.05. The second kappa shape index (κ2) is 9.82. The van der Waals surface area contributed by atoms with Crippen LogP contribution in [0.5, 0.6) is 0 Å². The fraction of sp³-hybridized carbons (Fsp3) is 0.400.